The van der Waals surface area contributed by atoms with Crippen LogP contribution in [0.2, 0.25) is 0 Å². The number of ether oxygens (including phenoxy) is 1. The van der Waals surface area contributed by atoms with E-state index in [-0.39, 0.29) is 22.8 Å². The van der Waals surface area contributed by atoms with E-state index in [0.29, 0.717) is 6.54 Å². The van der Waals surface area contributed by atoms with E-state index in [4.69, 9.17) is 9.15 Å². The average Bonchev–Trinajstić information content (AvgIpc) is 3.03. The molecule has 0 bridgehead atoms. The zero-order chi connectivity index (χ0) is 17.5. The highest BCUT2D eigenvalue weighted by Crippen LogP contribution is 2.27. The molecule has 1 N–H and O–H groups in total. The molecule has 0 saturated carbocycles. The number of nitrogens with one attached hydrogen (secondary N) is 1. The fourth-order valence-electron chi connectivity index (χ4n) is 1.73. The summed E-state index contributed by atoms with van der Waals surface area (Å²) in [5, 5.41) is 10.3. The van der Waals surface area contributed by atoms with Gasteiger partial charge in [-0.3, -0.25) is 4.79 Å². The molecule has 2 aromatic rings. The zero-order valence-electron chi connectivity index (χ0n) is 13.4. The average molecular weight is 351 g/mol. The Balaban J connectivity index is 1.96. The van der Waals surface area contributed by atoms with Gasteiger partial charge >= 0.3 is 0 Å². The summed E-state index contributed by atoms with van der Waals surface area (Å²) in [4.78, 5) is 11.8. The number of amides is 1. The minimum atomic E-state index is -0.617. The van der Waals surface area contributed by atoms with Crippen molar-refractivity contribution in [2.75, 3.05) is 6.54 Å². The van der Waals surface area contributed by atoms with Gasteiger partial charge in [0.1, 0.15) is 0 Å². The summed E-state index contributed by atoms with van der Waals surface area (Å²) < 4.78 is 24.5. The number of carbonyl (C=O) groups is 1. The SMILES string of the molecule is C=CCNC(=O)[C@H](C)Sc1nnc([C@@H](C)Oc2ccccc2F)o1. The predicted molar refractivity (Wildman–Crippen MR) is 88.3 cm³/mol. The molecule has 2 rings (SSSR count). The van der Waals surface area contributed by atoms with Crippen LogP contribution < -0.4 is 10.1 Å². The maximum Gasteiger partial charge on any atom is 0.277 e. The number of thioether (sulfide) groups is 1. The van der Waals surface area contributed by atoms with E-state index in [0.717, 1.165) is 11.8 Å². The molecule has 0 aliphatic rings. The molecule has 0 radical (unpaired) electrons. The first-order valence-corrected chi connectivity index (χ1v) is 8.19. The highest BCUT2D eigenvalue weighted by Gasteiger charge is 2.21. The van der Waals surface area contributed by atoms with Gasteiger partial charge in [0.2, 0.25) is 5.91 Å². The first kappa shape index (κ1) is 18.0. The maximum atomic E-state index is 13.6. The highest BCUT2D eigenvalue weighted by molar-refractivity contribution is 8.00. The van der Waals surface area contributed by atoms with Gasteiger partial charge in [-0.1, -0.05) is 30.0 Å². The molecule has 0 aliphatic heterocycles. The van der Waals surface area contributed by atoms with E-state index < -0.39 is 17.2 Å². The van der Waals surface area contributed by atoms with Crippen molar-refractivity contribution < 1.29 is 18.3 Å². The minimum Gasteiger partial charge on any atom is -0.478 e. The smallest absolute Gasteiger partial charge is 0.277 e. The van der Waals surface area contributed by atoms with Crippen LogP contribution in [0.3, 0.4) is 0 Å². The van der Waals surface area contributed by atoms with Crippen LogP contribution in [0.4, 0.5) is 4.39 Å². The van der Waals surface area contributed by atoms with Crippen molar-refractivity contribution in [3.05, 3.63) is 48.6 Å². The van der Waals surface area contributed by atoms with Crippen molar-refractivity contribution in [2.24, 2.45) is 0 Å². The minimum absolute atomic E-state index is 0.106. The van der Waals surface area contributed by atoms with E-state index >= 15 is 0 Å². The number of hydrogen-bond donors (Lipinski definition) is 1. The van der Waals surface area contributed by atoms with Crippen LogP contribution in [0, 0.1) is 5.82 Å². The standard InChI is InChI=1S/C16H18FN3O3S/c1-4-9-18-14(21)11(3)24-16-20-19-15(23-16)10(2)22-13-8-6-5-7-12(13)17/h4-8,10-11H,1,9H2,2-3H3,(H,18,21)/t10-,11+/m1/s1. The predicted octanol–water partition coefficient (Wildman–Crippen LogP) is 3.13. The Morgan fingerprint density at radius 2 is 2.21 bits per heavy atom. The summed E-state index contributed by atoms with van der Waals surface area (Å²) in [5.41, 5.74) is 0. The molecule has 2 atom stereocenters. The summed E-state index contributed by atoms with van der Waals surface area (Å²) in [5.74, 6) is -0.310. The summed E-state index contributed by atoms with van der Waals surface area (Å²) >= 11 is 1.13. The number of rotatable bonds is 8. The van der Waals surface area contributed by atoms with Crippen LogP contribution >= 0.6 is 11.8 Å². The second-order valence-electron chi connectivity index (χ2n) is 4.89. The molecule has 24 heavy (non-hydrogen) atoms. The molecule has 8 heteroatoms. The molecule has 128 valence electrons. The lowest BCUT2D eigenvalue weighted by Crippen LogP contribution is -2.30. The van der Waals surface area contributed by atoms with Crippen molar-refractivity contribution in [3.8, 4) is 5.75 Å². The summed E-state index contributed by atoms with van der Waals surface area (Å²) in [6.07, 6.45) is 0.982. The van der Waals surface area contributed by atoms with Crippen LogP contribution in [-0.4, -0.2) is 27.9 Å². The molecule has 1 heterocycles. The van der Waals surface area contributed by atoms with Gasteiger partial charge < -0.3 is 14.5 Å². The zero-order valence-corrected chi connectivity index (χ0v) is 14.2. The number of nitrogens with zero attached hydrogens (tertiary/aromatic N) is 2. The number of aromatic nitrogens is 2. The van der Waals surface area contributed by atoms with Gasteiger partial charge in [-0.15, -0.1) is 16.8 Å². The van der Waals surface area contributed by atoms with Crippen LogP contribution in [0.15, 0.2) is 46.6 Å². The lowest BCUT2D eigenvalue weighted by molar-refractivity contribution is -0.120. The Morgan fingerprint density at radius 3 is 2.92 bits per heavy atom. The van der Waals surface area contributed by atoms with E-state index in [1.807, 2.05) is 0 Å². The third-order valence-electron chi connectivity index (χ3n) is 2.98. The first-order chi connectivity index (χ1) is 11.5. The van der Waals surface area contributed by atoms with E-state index in [9.17, 15) is 9.18 Å². The summed E-state index contributed by atoms with van der Waals surface area (Å²) in [6.45, 7) is 7.34. The third kappa shape index (κ3) is 4.82. The van der Waals surface area contributed by atoms with Gasteiger partial charge in [0.15, 0.2) is 17.7 Å². The lowest BCUT2D eigenvalue weighted by Gasteiger charge is -2.11. The van der Waals surface area contributed by atoms with Gasteiger partial charge in [0.25, 0.3) is 11.1 Å². The third-order valence-corrected chi connectivity index (χ3v) is 3.91. The molecular formula is C16H18FN3O3S. The van der Waals surface area contributed by atoms with Crippen molar-refractivity contribution >= 4 is 17.7 Å². The second kappa shape index (κ2) is 8.49. The van der Waals surface area contributed by atoms with Gasteiger partial charge in [-0.05, 0) is 26.0 Å². The molecule has 1 aromatic heterocycles. The molecule has 1 aromatic carbocycles. The molecule has 0 fully saturated rings. The van der Waals surface area contributed by atoms with Crippen LogP contribution in [0.1, 0.15) is 25.8 Å². The molecule has 0 aliphatic carbocycles. The van der Waals surface area contributed by atoms with Crippen LogP contribution in [-0.2, 0) is 4.79 Å². The number of hydrogen-bond acceptors (Lipinski definition) is 6. The molecule has 0 unspecified atom stereocenters. The second-order valence-corrected chi connectivity index (χ2v) is 6.18. The Bertz CT molecular complexity index is 707. The molecular weight excluding hydrogens is 333 g/mol. The van der Waals surface area contributed by atoms with Crippen molar-refractivity contribution in [1.29, 1.82) is 0 Å². The first-order valence-electron chi connectivity index (χ1n) is 7.31. The molecule has 1 amide bonds. The van der Waals surface area contributed by atoms with E-state index in [1.165, 1.54) is 12.1 Å². The number of benzene rings is 1. The number of para-hydroxylation sites is 1. The van der Waals surface area contributed by atoms with E-state index in [1.54, 1.807) is 32.1 Å². The quantitative estimate of drug-likeness (QED) is 0.582. The maximum absolute atomic E-state index is 13.6. The van der Waals surface area contributed by atoms with Gasteiger partial charge in [-0.2, -0.15) is 0 Å². The lowest BCUT2D eigenvalue weighted by atomic mass is 10.3. The monoisotopic (exact) mass is 351 g/mol. The van der Waals surface area contributed by atoms with Crippen molar-refractivity contribution in [1.82, 2.24) is 15.5 Å². The van der Waals surface area contributed by atoms with Gasteiger partial charge in [0.05, 0.1) is 5.25 Å². The summed E-state index contributed by atoms with van der Waals surface area (Å²) in [7, 11) is 0. The van der Waals surface area contributed by atoms with Crippen LogP contribution in [0.5, 0.6) is 5.75 Å². The Kier molecular flexibility index (Phi) is 6.36. The number of carbonyl (C=O) groups excluding carboxylic acids is 1. The topological polar surface area (TPSA) is 77.2 Å². The Labute approximate surface area is 143 Å². The summed E-state index contributed by atoms with van der Waals surface area (Å²) in [6, 6.07) is 6.07. The molecule has 6 nitrogen and oxygen atoms in total. The highest BCUT2D eigenvalue weighted by atomic mass is 32.2. The van der Waals surface area contributed by atoms with Gasteiger partial charge in [-0.25, -0.2) is 4.39 Å². The fourth-order valence-corrected chi connectivity index (χ4v) is 2.45. The largest absolute Gasteiger partial charge is 0.478 e. The number of halogens is 1. The molecule has 0 spiro atoms. The van der Waals surface area contributed by atoms with Crippen molar-refractivity contribution in [2.45, 2.75) is 30.4 Å². The Hall–Kier alpha value is -2.35. The molecule has 0 saturated heterocycles. The van der Waals surface area contributed by atoms with Crippen LogP contribution in [0.25, 0.3) is 0 Å². The van der Waals surface area contributed by atoms with E-state index in [2.05, 4.69) is 22.1 Å². The fraction of sp³-hybridized carbons (Fsp3) is 0.312. The van der Waals surface area contributed by atoms with Gasteiger partial charge in [0, 0.05) is 6.54 Å². The Morgan fingerprint density at radius 1 is 1.46 bits per heavy atom. The van der Waals surface area contributed by atoms with Crippen molar-refractivity contribution in [3.63, 3.8) is 0 Å². The normalized spacial score (nSPS) is 13.1.